The quantitative estimate of drug-likeness (QED) is 0.342. The van der Waals surface area contributed by atoms with E-state index in [0.717, 1.165) is 16.6 Å². The Hall–Kier alpha value is -4.08. The molecular formula is C22H23N7O3. The van der Waals surface area contributed by atoms with Crippen molar-refractivity contribution in [2.24, 2.45) is 0 Å². The van der Waals surface area contributed by atoms with E-state index in [1.165, 1.54) is 0 Å². The minimum absolute atomic E-state index is 0.0885. The number of carbonyl (C=O) groups excluding carboxylic acids is 1. The number of benzene rings is 1. The van der Waals surface area contributed by atoms with E-state index >= 15 is 0 Å². The molecule has 0 aliphatic rings. The summed E-state index contributed by atoms with van der Waals surface area (Å²) in [5.41, 5.74) is 1.46. The number of H-pyrrole nitrogens is 1. The average Bonchev–Trinajstić information content (AvgIpc) is 3.28. The number of amides is 1. The summed E-state index contributed by atoms with van der Waals surface area (Å²) >= 11 is 0. The maximum absolute atomic E-state index is 12.1. The Balaban J connectivity index is 1.18. The van der Waals surface area contributed by atoms with Crippen LogP contribution in [0.3, 0.4) is 0 Å². The van der Waals surface area contributed by atoms with E-state index in [2.05, 4.69) is 36.0 Å². The number of anilines is 1. The first-order chi connectivity index (χ1) is 15.6. The summed E-state index contributed by atoms with van der Waals surface area (Å²) in [6, 6.07) is 11.0. The lowest BCUT2D eigenvalue weighted by molar-refractivity contribution is -0.121. The van der Waals surface area contributed by atoms with Crippen LogP contribution in [0.25, 0.3) is 22.2 Å². The summed E-state index contributed by atoms with van der Waals surface area (Å²) in [5.74, 6) is 1.40. The van der Waals surface area contributed by atoms with Gasteiger partial charge in [-0.2, -0.15) is 10.1 Å². The van der Waals surface area contributed by atoms with Crippen molar-refractivity contribution < 1.29 is 9.32 Å². The highest BCUT2D eigenvalue weighted by Crippen LogP contribution is 2.17. The van der Waals surface area contributed by atoms with Crippen LogP contribution in [0.5, 0.6) is 0 Å². The second kappa shape index (κ2) is 9.82. The molecule has 0 saturated heterocycles. The molecular weight excluding hydrogens is 410 g/mol. The highest BCUT2D eigenvalue weighted by Gasteiger charge is 2.11. The molecule has 0 bridgehead atoms. The van der Waals surface area contributed by atoms with E-state index in [1.807, 2.05) is 37.3 Å². The van der Waals surface area contributed by atoms with Gasteiger partial charge in [-0.25, -0.2) is 5.10 Å². The van der Waals surface area contributed by atoms with Crippen LogP contribution < -0.4 is 16.2 Å². The van der Waals surface area contributed by atoms with Gasteiger partial charge in [-0.1, -0.05) is 23.4 Å². The van der Waals surface area contributed by atoms with Gasteiger partial charge in [-0.15, -0.1) is 0 Å². The second-order valence-electron chi connectivity index (χ2n) is 7.28. The fourth-order valence-corrected chi connectivity index (χ4v) is 3.16. The summed E-state index contributed by atoms with van der Waals surface area (Å²) in [6.07, 6.45) is 3.01. The molecule has 4 rings (SSSR count). The number of carbonyl (C=O) groups is 1. The van der Waals surface area contributed by atoms with Gasteiger partial charge in [0.15, 0.2) is 5.82 Å². The molecule has 0 atom stereocenters. The Morgan fingerprint density at radius 3 is 2.78 bits per heavy atom. The van der Waals surface area contributed by atoms with E-state index < -0.39 is 0 Å². The van der Waals surface area contributed by atoms with Crippen molar-refractivity contribution in [2.75, 3.05) is 18.4 Å². The van der Waals surface area contributed by atoms with Gasteiger partial charge in [0.1, 0.15) is 0 Å². The van der Waals surface area contributed by atoms with Crippen molar-refractivity contribution in [3.05, 3.63) is 64.5 Å². The Kier molecular flexibility index (Phi) is 6.49. The number of rotatable bonds is 9. The zero-order chi connectivity index (χ0) is 22.3. The van der Waals surface area contributed by atoms with Gasteiger partial charge in [0.05, 0.1) is 5.39 Å². The van der Waals surface area contributed by atoms with Gasteiger partial charge in [0.2, 0.25) is 17.6 Å². The molecule has 0 saturated carbocycles. The topological polar surface area (TPSA) is 139 Å². The maximum atomic E-state index is 12.1. The van der Waals surface area contributed by atoms with Crippen molar-refractivity contribution in [2.45, 2.75) is 26.2 Å². The van der Waals surface area contributed by atoms with Crippen molar-refractivity contribution in [1.82, 2.24) is 30.6 Å². The van der Waals surface area contributed by atoms with Crippen LogP contribution in [0.15, 0.2) is 51.9 Å². The summed E-state index contributed by atoms with van der Waals surface area (Å²) < 4.78 is 5.22. The molecule has 164 valence electrons. The minimum Gasteiger partial charge on any atom is -0.368 e. The number of hydrogen-bond acceptors (Lipinski definition) is 8. The van der Waals surface area contributed by atoms with Crippen LogP contribution in [0.4, 0.5) is 5.82 Å². The van der Waals surface area contributed by atoms with E-state index in [9.17, 15) is 9.59 Å². The first-order valence-corrected chi connectivity index (χ1v) is 10.3. The van der Waals surface area contributed by atoms with Crippen LogP contribution in [0.1, 0.15) is 24.4 Å². The van der Waals surface area contributed by atoms with Crippen LogP contribution in [0, 0.1) is 6.92 Å². The largest absolute Gasteiger partial charge is 0.368 e. The second-order valence-corrected chi connectivity index (χ2v) is 7.28. The molecule has 0 aliphatic heterocycles. The lowest BCUT2D eigenvalue weighted by Crippen LogP contribution is -2.26. The number of aryl methyl sites for hydroxylation is 2. The zero-order valence-corrected chi connectivity index (χ0v) is 17.6. The molecule has 0 fully saturated rings. The summed E-state index contributed by atoms with van der Waals surface area (Å²) in [5, 5.41) is 17.9. The van der Waals surface area contributed by atoms with Gasteiger partial charge in [-0.05, 0) is 31.5 Å². The van der Waals surface area contributed by atoms with Crippen molar-refractivity contribution in [3.8, 4) is 11.4 Å². The Morgan fingerprint density at radius 1 is 1.12 bits per heavy atom. The fraction of sp³-hybridized carbons (Fsp3) is 0.273. The molecule has 0 radical (unpaired) electrons. The molecule has 3 aromatic heterocycles. The van der Waals surface area contributed by atoms with Gasteiger partial charge in [0, 0.05) is 48.8 Å². The highest BCUT2D eigenvalue weighted by molar-refractivity contribution is 5.90. The Bertz CT molecular complexity index is 1260. The number of nitrogens with one attached hydrogen (secondary N) is 3. The first-order valence-electron chi connectivity index (χ1n) is 10.3. The number of hydrogen-bond donors (Lipinski definition) is 3. The summed E-state index contributed by atoms with van der Waals surface area (Å²) in [4.78, 5) is 32.4. The van der Waals surface area contributed by atoms with Crippen molar-refractivity contribution in [1.29, 1.82) is 0 Å². The monoisotopic (exact) mass is 433 g/mol. The van der Waals surface area contributed by atoms with Gasteiger partial charge >= 0.3 is 0 Å². The summed E-state index contributed by atoms with van der Waals surface area (Å²) in [7, 11) is 0. The maximum Gasteiger partial charge on any atom is 0.272 e. The molecule has 1 amide bonds. The van der Waals surface area contributed by atoms with E-state index in [0.29, 0.717) is 48.9 Å². The molecule has 10 heteroatoms. The number of pyridine rings is 1. The number of nitrogens with zero attached hydrogens (tertiary/aromatic N) is 4. The Morgan fingerprint density at radius 2 is 1.97 bits per heavy atom. The Labute approximate surface area is 183 Å². The molecule has 32 heavy (non-hydrogen) atoms. The van der Waals surface area contributed by atoms with Crippen molar-refractivity contribution in [3.63, 3.8) is 0 Å². The third-order valence-corrected chi connectivity index (χ3v) is 4.87. The first kappa shape index (κ1) is 21.2. The van der Waals surface area contributed by atoms with E-state index in [1.54, 1.807) is 12.3 Å². The smallest absolute Gasteiger partial charge is 0.272 e. The van der Waals surface area contributed by atoms with E-state index in [-0.39, 0.29) is 17.9 Å². The third kappa shape index (κ3) is 5.15. The normalized spacial score (nSPS) is 10.9. The number of fused-ring (bicyclic) bond motifs is 1. The molecule has 4 aromatic rings. The average molecular weight is 433 g/mol. The molecule has 1 aromatic carbocycles. The van der Waals surface area contributed by atoms with Crippen molar-refractivity contribution >= 4 is 22.5 Å². The summed E-state index contributed by atoms with van der Waals surface area (Å²) in [6.45, 7) is 3.01. The lowest BCUT2D eigenvalue weighted by atomic mass is 10.2. The number of aromatic nitrogens is 5. The third-order valence-electron chi connectivity index (χ3n) is 4.87. The number of aromatic amines is 1. The molecule has 0 spiro atoms. The zero-order valence-electron chi connectivity index (χ0n) is 17.6. The van der Waals surface area contributed by atoms with Crippen LogP contribution in [-0.2, 0) is 11.2 Å². The van der Waals surface area contributed by atoms with Gasteiger partial charge in [-0.3, -0.25) is 14.6 Å². The minimum atomic E-state index is -0.220. The van der Waals surface area contributed by atoms with Crippen LogP contribution in [-0.4, -0.2) is 44.3 Å². The predicted octanol–water partition coefficient (Wildman–Crippen LogP) is 2.23. The lowest BCUT2D eigenvalue weighted by Gasteiger charge is -2.08. The standard InChI is InChI=1S/C22H23N7O3/c1-14-7-8-15(13-25-14)20-26-19(32-29-20)10-9-18(30)23-11-4-12-24-21-16-5-2-3-6-17(16)22(31)28-27-21/h2-3,5-8,13H,4,9-12H2,1H3,(H,23,30)(H,24,27)(H,28,31). The van der Waals surface area contributed by atoms with Gasteiger partial charge in [0.25, 0.3) is 5.56 Å². The SMILES string of the molecule is Cc1ccc(-c2noc(CCC(=O)NCCCNc3n[nH]c(=O)c4ccccc34)n2)cn1. The molecule has 3 heterocycles. The van der Waals surface area contributed by atoms with Gasteiger partial charge < -0.3 is 15.2 Å². The van der Waals surface area contributed by atoms with Crippen LogP contribution >= 0.6 is 0 Å². The van der Waals surface area contributed by atoms with E-state index in [4.69, 9.17) is 4.52 Å². The highest BCUT2D eigenvalue weighted by atomic mass is 16.5. The molecule has 0 unspecified atom stereocenters. The molecule has 0 aliphatic carbocycles. The van der Waals surface area contributed by atoms with Crippen LogP contribution in [0.2, 0.25) is 0 Å². The fourth-order valence-electron chi connectivity index (χ4n) is 3.16. The molecule has 3 N–H and O–H groups in total. The predicted molar refractivity (Wildman–Crippen MR) is 119 cm³/mol. The molecule has 10 nitrogen and oxygen atoms in total.